The summed E-state index contributed by atoms with van der Waals surface area (Å²) >= 11 is 0. The molecule has 0 saturated heterocycles. The summed E-state index contributed by atoms with van der Waals surface area (Å²) in [5.41, 5.74) is 2.42. The Morgan fingerprint density at radius 1 is 1.29 bits per heavy atom. The first-order valence-electron chi connectivity index (χ1n) is 5.04. The van der Waals surface area contributed by atoms with Gasteiger partial charge in [-0.15, -0.1) is 0 Å². The monoisotopic (exact) mass is 191 g/mol. The van der Waals surface area contributed by atoms with Crippen LogP contribution in [0.1, 0.15) is 25.8 Å². The lowest BCUT2D eigenvalue weighted by Gasteiger charge is -2.05. The molecule has 2 heteroatoms. The predicted molar refractivity (Wildman–Crippen MR) is 59.6 cm³/mol. The number of hydrogen-bond acceptors (Lipinski definition) is 2. The van der Waals surface area contributed by atoms with Crippen LogP contribution in [0, 0.1) is 0 Å². The fraction of sp³-hybridized carbons (Fsp3) is 0.417. The molecule has 0 unspecified atom stereocenters. The maximum absolute atomic E-state index is 10.7. The molecule has 1 aromatic rings. The van der Waals surface area contributed by atoms with Crippen molar-refractivity contribution < 1.29 is 4.79 Å². The van der Waals surface area contributed by atoms with E-state index in [1.54, 1.807) is 6.92 Å². The molecule has 1 aromatic carbocycles. The Balaban J connectivity index is 2.40. The van der Waals surface area contributed by atoms with Crippen LogP contribution < -0.4 is 5.32 Å². The number of benzene rings is 1. The second-order valence-electron chi connectivity index (χ2n) is 3.43. The highest BCUT2D eigenvalue weighted by Crippen LogP contribution is 2.09. The van der Waals surface area contributed by atoms with Gasteiger partial charge in [0.05, 0.1) is 0 Å². The van der Waals surface area contributed by atoms with Crippen LogP contribution in [-0.2, 0) is 11.2 Å². The van der Waals surface area contributed by atoms with Gasteiger partial charge in [0.15, 0.2) is 0 Å². The predicted octanol–water partition coefficient (Wildman–Crippen LogP) is 2.64. The number of nitrogens with one attached hydrogen (secondary N) is 1. The van der Waals surface area contributed by atoms with Gasteiger partial charge in [0, 0.05) is 18.7 Å². The minimum Gasteiger partial charge on any atom is -0.385 e. The number of aryl methyl sites for hydroxylation is 1. The van der Waals surface area contributed by atoms with Gasteiger partial charge in [-0.1, -0.05) is 19.1 Å². The number of anilines is 1. The zero-order valence-electron chi connectivity index (χ0n) is 8.84. The minimum absolute atomic E-state index is 0.225. The molecule has 0 aliphatic rings. The summed E-state index contributed by atoms with van der Waals surface area (Å²) in [4.78, 5) is 10.7. The summed E-state index contributed by atoms with van der Waals surface area (Å²) in [5, 5.41) is 3.21. The van der Waals surface area contributed by atoms with E-state index >= 15 is 0 Å². The van der Waals surface area contributed by atoms with Crippen molar-refractivity contribution in [3.63, 3.8) is 0 Å². The van der Waals surface area contributed by atoms with Crippen molar-refractivity contribution in [1.82, 2.24) is 0 Å². The molecule has 0 saturated carbocycles. The van der Waals surface area contributed by atoms with E-state index in [1.165, 1.54) is 5.56 Å². The third kappa shape index (κ3) is 3.60. The smallest absolute Gasteiger partial charge is 0.131 e. The number of Topliss-reactive ketones (excluding diaryl/α,β-unsaturated/α-hetero) is 1. The van der Waals surface area contributed by atoms with E-state index in [-0.39, 0.29) is 5.78 Å². The van der Waals surface area contributed by atoms with E-state index in [2.05, 4.69) is 36.5 Å². The summed E-state index contributed by atoms with van der Waals surface area (Å²) < 4.78 is 0. The van der Waals surface area contributed by atoms with Gasteiger partial charge in [0.25, 0.3) is 0 Å². The highest BCUT2D eigenvalue weighted by atomic mass is 16.1. The van der Waals surface area contributed by atoms with Crippen LogP contribution in [0.4, 0.5) is 5.69 Å². The number of hydrogen-bond donors (Lipinski definition) is 1. The summed E-state index contributed by atoms with van der Waals surface area (Å²) in [6, 6.07) is 8.32. The van der Waals surface area contributed by atoms with E-state index in [1.807, 2.05) is 0 Å². The van der Waals surface area contributed by atoms with Crippen LogP contribution in [0.3, 0.4) is 0 Å². The maximum atomic E-state index is 10.7. The molecule has 0 spiro atoms. The molecule has 1 rings (SSSR count). The number of carbonyl (C=O) groups is 1. The number of carbonyl (C=O) groups excluding carboxylic acids is 1. The first kappa shape index (κ1) is 10.8. The van der Waals surface area contributed by atoms with Crippen molar-refractivity contribution >= 4 is 11.5 Å². The highest BCUT2D eigenvalue weighted by molar-refractivity contribution is 5.76. The van der Waals surface area contributed by atoms with Gasteiger partial charge >= 0.3 is 0 Å². The van der Waals surface area contributed by atoms with Gasteiger partial charge in [0.1, 0.15) is 5.78 Å². The van der Waals surface area contributed by atoms with E-state index in [0.29, 0.717) is 6.42 Å². The van der Waals surface area contributed by atoms with Crippen LogP contribution in [0.25, 0.3) is 0 Å². The fourth-order valence-corrected chi connectivity index (χ4v) is 1.24. The fourth-order valence-electron chi connectivity index (χ4n) is 1.24. The largest absolute Gasteiger partial charge is 0.385 e. The quantitative estimate of drug-likeness (QED) is 0.775. The first-order chi connectivity index (χ1) is 6.72. The summed E-state index contributed by atoms with van der Waals surface area (Å²) in [7, 11) is 0. The molecular formula is C12H17NO. The van der Waals surface area contributed by atoms with E-state index in [0.717, 1.165) is 18.7 Å². The van der Waals surface area contributed by atoms with Crippen LogP contribution in [0.5, 0.6) is 0 Å². The normalized spacial score (nSPS) is 9.86. The molecule has 0 atom stereocenters. The summed E-state index contributed by atoms with van der Waals surface area (Å²) in [6.45, 7) is 4.47. The van der Waals surface area contributed by atoms with Crippen molar-refractivity contribution in [2.45, 2.75) is 26.7 Å². The molecule has 0 aliphatic heterocycles. The van der Waals surface area contributed by atoms with Crippen LogP contribution in [-0.4, -0.2) is 12.3 Å². The molecule has 2 nitrogen and oxygen atoms in total. The Morgan fingerprint density at radius 3 is 2.43 bits per heavy atom. The second kappa shape index (κ2) is 5.43. The molecule has 0 amide bonds. The SMILES string of the molecule is CCc1ccc(NCCC(C)=O)cc1. The molecule has 14 heavy (non-hydrogen) atoms. The van der Waals surface area contributed by atoms with Crippen LogP contribution >= 0.6 is 0 Å². The topological polar surface area (TPSA) is 29.1 Å². The van der Waals surface area contributed by atoms with E-state index in [4.69, 9.17) is 0 Å². The zero-order chi connectivity index (χ0) is 10.4. The van der Waals surface area contributed by atoms with Crippen molar-refractivity contribution in [2.75, 3.05) is 11.9 Å². The summed E-state index contributed by atoms with van der Waals surface area (Å²) in [6.07, 6.45) is 1.66. The van der Waals surface area contributed by atoms with Crippen LogP contribution in [0.2, 0.25) is 0 Å². The lowest BCUT2D eigenvalue weighted by Crippen LogP contribution is -2.05. The third-order valence-corrected chi connectivity index (χ3v) is 2.17. The Labute approximate surface area is 85.3 Å². The first-order valence-corrected chi connectivity index (χ1v) is 5.04. The summed E-state index contributed by atoms with van der Waals surface area (Å²) in [5.74, 6) is 0.225. The molecular weight excluding hydrogens is 174 g/mol. The Bertz CT molecular complexity index is 290. The van der Waals surface area contributed by atoms with Crippen molar-refractivity contribution in [2.24, 2.45) is 0 Å². The molecule has 1 N–H and O–H groups in total. The standard InChI is InChI=1S/C12H17NO/c1-3-11-4-6-12(7-5-11)13-9-8-10(2)14/h4-7,13H,3,8-9H2,1-2H3. The van der Waals surface area contributed by atoms with Gasteiger partial charge in [-0.25, -0.2) is 0 Å². The number of ketones is 1. The third-order valence-electron chi connectivity index (χ3n) is 2.17. The average Bonchev–Trinajstić information content (AvgIpc) is 2.18. The van der Waals surface area contributed by atoms with E-state index < -0.39 is 0 Å². The molecule has 0 aromatic heterocycles. The Hall–Kier alpha value is -1.31. The van der Waals surface area contributed by atoms with Crippen molar-refractivity contribution in [1.29, 1.82) is 0 Å². The van der Waals surface area contributed by atoms with Gasteiger partial charge in [-0.3, -0.25) is 4.79 Å². The minimum atomic E-state index is 0.225. The van der Waals surface area contributed by atoms with Crippen LogP contribution in [0.15, 0.2) is 24.3 Å². The molecule has 0 bridgehead atoms. The zero-order valence-corrected chi connectivity index (χ0v) is 8.84. The van der Waals surface area contributed by atoms with Crippen molar-refractivity contribution in [3.8, 4) is 0 Å². The highest BCUT2D eigenvalue weighted by Gasteiger charge is 1.94. The van der Waals surface area contributed by atoms with Gasteiger partial charge in [-0.2, -0.15) is 0 Å². The van der Waals surface area contributed by atoms with E-state index in [9.17, 15) is 4.79 Å². The molecule has 0 fully saturated rings. The molecule has 0 aliphatic carbocycles. The molecule has 76 valence electrons. The van der Waals surface area contributed by atoms with Gasteiger partial charge in [0.2, 0.25) is 0 Å². The van der Waals surface area contributed by atoms with Crippen molar-refractivity contribution in [3.05, 3.63) is 29.8 Å². The lowest BCUT2D eigenvalue weighted by atomic mass is 10.1. The molecule has 0 radical (unpaired) electrons. The second-order valence-corrected chi connectivity index (χ2v) is 3.43. The number of rotatable bonds is 5. The molecule has 0 heterocycles. The maximum Gasteiger partial charge on any atom is 0.131 e. The van der Waals surface area contributed by atoms with Gasteiger partial charge < -0.3 is 5.32 Å². The van der Waals surface area contributed by atoms with Gasteiger partial charge in [-0.05, 0) is 31.0 Å². The lowest BCUT2D eigenvalue weighted by molar-refractivity contribution is -0.116. The average molecular weight is 191 g/mol. The Kier molecular flexibility index (Phi) is 4.17. The Morgan fingerprint density at radius 2 is 1.93 bits per heavy atom.